The molecule has 1 aromatic heterocycles. The van der Waals surface area contributed by atoms with Crippen LogP contribution in [0.25, 0.3) is 10.9 Å². The largest absolute Gasteiger partial charge is 0.497 e. The second-order valence-electron chi connectivity index (χ2n) is 11.0. The molecular formula is C34H41Cl2N3O5. The first-order valence-electron chi connectivity index (χ1n) is 14.9. The van der Waals surface area contributed by atoms with Gasteiger partial charge in [0.05, 0.1) is 13.2 Å². The lowest BCUT2D eigenvalue weighted by Crippen LogP contribution is -2.38. The standard InChI is InChI=1S/C27H32ClN3O3.C7H7ClO.H2O/c28-20-5-8-25-24(17-20)23-11-15-31(18-33)27(26(23)29-25)19-3-6-21(7-4-19)34-22-9-13-30(14-10-22)12-1-2-16-32;1-9-7-4-2-6(8)3-5-7;/h3-8,17-18,22,27,29,32H,1-2,9-16H2;2-5H,1H3;1H2. The number of methoxy groups -OCH3 is 1. The van der Waals surface area contributed by atoms with Gasteiger partial charge in [0.15, 0.2) is 0 Å². The number of nitrogens with one attached hydrogen (secondary N) is 1. The third-order valence-electron chi connectivity index (χ3n) is 8.23. The number of aromatic amines is 1. The SMILES string of the molecule is COc1ccc(Cl)cc1.O.O=CN1CCc2c([nH]c3ccc(Cl)cc23)C1c1ccc(OC2CCN(CCCCO)CC2)cc1. The minimum Gasteiger partial charge on any atom is -0.497 e. The molecular weight excluding hydrogens is 601 g/mol. The Balaban J connectivity index is 0.000000381. The molecule has 2 aliphatic rings. The molecule has 2 aliphatic heterocycles. The van der Waals surface area contributed by atoms with Crippen molar-refractivity contribution in [2.45, 2.75) is 44.2 Å². The van der Waals surface area contributed by atoms with E-state index in [1.54, 1.807) is 19.2 Å². The predicted molar refractivity (Wildman–Crippen MR) is 176 cm³/mol. The van der Waals surface area contributed by atoms with Crippen molar-refractivity contribution in [3.63, 3.8) is 0 Å². The quantitative estimate of drug-likeness (QED) is 0.170. The number of halogens is 2. The summed E-state index contributed by atoms with van der Waals surface area (Å²) in [5.41, 5.74) is 4.43. The number of piperidine rings is 1. The number of hydrogen-bond donors (Lipinski definition) is 2. The number of aliphatic hydroxyl groups excluding tert-OH is 1. The van der Waals surface area contributed by atoms with Gasteiger partial charge in [0, 0.05) is 52.9 Å². The van der Waals surface area contributed by atoms with Crippen LogP contribution in [0.4, 0.5) is 0 Å². The van der Waals surface area contributed by atoms with E-state index in [1.807, 2.05) is 47.4 Å². The molecule has 0 saturated carbocycles. The van der Waals surface area contributed by atoms with Crippen molar-refractivity contribution in [2.75, 3.05) is 39.9 Å². The van der Waals surface area contributed by atoms with Crippen LogP contribution >= 0.6 is 23.2 Å². The van der Waals surface area contributed by atoms with E-state index >= 15 is 0 Å². The second-order valence-corrected chi connectivity index (χ2v) is 11.9. The number of unbranched alkanes of at least 4 members (excludes halogenated alkanes) is 1. The van der Waals surface area contributed by atoms with Gasteiger partial charge in [-0.15, -0.1) is 0 Å². The van der Waals surface area contributed by atoms with Crippen molar-refractivity contribution in [1.29, 1.82) is 0 Å². The molecule has 3 heterocycles. The molecule has 8 nitrogen and oxygen atoms in total. The molecule has 44 heavy (non-hydrogen) atoms. The topological polar surface area (TPSA) is 110 Å². The molecule has 3 aromatic carbocycles. The maximum atomic E-state index is 11.9. The fraction of sp³-hybridized carbons (Fsp3) is 0.382. The summed E-state index contributed by atoms with van der Waals surface area (Å²) in [5.74, 6) is 1.71. The fourth-order valence-corrected chi connectivity index (χ4v) is 6.24. The van der Waals surface area contributed by atoms with E-state index < -0.39 is 0 Å². The Morgan fingerprint density at radius 3 is 2.27 bits per heavy atom. The number of hydrogen-bond acceptors (Lipinski definition) is 5. The smallest absolute Gasteiger partial charge is 0.210 e. The lowest BCUT2D eigenvalue weighted by Gasteiger charge is -2.34. The number of ether oxygens (including phenoxy) is 2. The number of amides is 1. The van der Waals surface area contributed by atoms with Crippen LogP contribution in [0.2, 0.25) is 10.0 Å². The Morgan fingerprint density at radius 2 is 1.61 bits per heavy atom. The monoisotopic (exact) mass is 641 g/mol. The van der Waals surface area contributed by atoms with Crippen molar-refractivity contribution in [2.24, 2.45) is 0 Å². The van der Waals surface area contributed by atoms with Crippen LogP contribution < -0.4 is 9.47 Å². The summed E-state index contributed by atoms with van der Waals surface area (Å²) in [4.78, 5) is 19.8. The zero-order valence-electron chi connectivity index (χ0n) is 25.0. The van der Waals surface area contributed by atoms with Gasteiger partial charge in [-0.25, -0.2) is 0 Å². The van der Waals surface area contributed by atoms with E-state index in [0.29, 0.717) is 6.54 Å². The molecule has 1 atom stereocenters. The van der Waals surface area contributed by atoms with Crippen LogP contribution in [-0.2, 0) is 11.2 Å². The molecule has 10 heteroatoms. The molecule has 0 aliphatic carbocycles. The van der Waals surface area contributed by atoms with Crippen molar-refractivity contribution in [3.05, 3.63) is 93.6 Å². The molecule has 0 radical (unpaired) electrons. The van der Waals surface area contributed by atoms with Gasteiger partial charge in [0.2, 0.25) is 6.41 Å². The number of rotatable bonds is 9. The highest BCUT2D eigenvalue weighted by atomic mass is 35.5. The fourth-order valence-electron chi connectivity index (χ4n) is 5.94. The summed E-state index contributed by atoms with van der Waals surface area (Å²) < 4.78 is 11.2. The zero-order valence-corrected chi connectivity index (χ0v) is 26.5. The molecule has 1 unspecified atom stereocenters. The van der Waals surface area contributed by atoms with Gasteiger partial charge in [-0.05, 0) is 104 Å². The van der Waals surface area contributed by atoms with E-state index in [-0.39, 0.29) is 24.2 Å². The minimum absolute atomic E-state index is 0. The molecule has 4 aromatic rings. The van der Waals surface area contributed by atoms with Crippen molar-refractivity contribution in [3.8, 4) is 11.5 Å². The van der Waals surface area contributed by atoms with Crippen LogP contribution in [0.1, 0.15) is 48.5 Å². The first-order chi connectivity index (χ1) is 21.0. The summed E-state index contributed by atoms with van der Waals surface area (Å²) >= 11 is 11.9. The van der Waals surface area contributed by atoms with E-state index in [9.17, 15) is 4.79 Å². The first kappa shape index (κ1) is 33.6. The lowest BCUT2D eigenvalue weighted by molar-refractivity contribution is -0.120. The van der Waals surface area contributed by atoms with Crippen LogP contribution in [0.15, 0.2) is 66.7 Å². The Labute approximate surface area is 268 Å². The highest BCUT2D eigenvalue weighted by molar-refractivity contribution is 6.31. The Bertz CT molecular complexity index is 1470. The average Bonchev–Trinajstić information content (AvgIpc) is 3.40. The number of aliphatic hydroxyl groups is 1. The molecule has 6 rings (SSSR count). The lowest BCUT2D eigenvalue weighted by atomic mass is 9.93. The zero-order chi connectivity index (χ0) is 30.2. The van der Waals surface area contributed by atoms with Gasteiger partial charge in [0.25, 0.3) is 0 Å². The van der Waals surface area contributed by atoms with Crippen LogP contribution in [-0.4, -0.2) is 77.8 Å². The Hall–Kier alpha value is -3.27. The molecule has 1 fully saturated rings. The van der Waals surface area contributed by atoms with Crippen LogP contribution in [0.3, 0.4) is 0 Å². The molecule has 1 saturated heterocycles. The molecule has 4 N–H and O–H groups in total. The number of aromatic nitrogens is 1. The van der Waals surface area contributed by atoms with E-state index in [1.165, 1.54) is 5.56 Å². The van der Waals surface area contributed by atoms with Gasteiger partial charge in [-0.2, -0.15) is 0 Å². The number of H-pyrrole nitrogens is 1. The summed E-state index contributed by atoms with van der Waals surface area (Å²) in [5, 5.41) is 11.6. The molecule has 236 valence electrons. The van der Waals surface area contributed by atoms with Gasteiger partial charge in [0.1, 0.15) is 17.6 Å². The number of carbonyl (C=O) groups is 1. The molecule has 1 amide bonds. The van der Waals surface area contributed by atoms with E-state index in [4.69, 9.17) is 37.8 Å². The second kappa shape index (κ2) is 16.2. The Kier molecular flexibility index (Phi) is 12.3. The summed E-state index contributed by atoms with van der Waals surface area (Å²) in [6, 6.07) is 21.2. The number of likely N-dealkylation sites (tertiary alicyclic amines) is 1. The van der Waals surface area contributed by atoms with Gasteiger partial charge >= 0.3 is 0 Å². The van der Waals surface area contributed by atoms with Crippen molar-refractivity contribution >= 4 is 40.5 Å². The predicted octanol–water partition coefficient (Wildman–Crippen LogP) is 6.06. The maximum Gasteiger partial charge on any atom is 0.210 e. The number of carbonyl (C=O) groups excluding carboxylic acids is 1. The third kappa shape index (κ3) is 8.25. The van der Waals surface area contributed by atoms with Gasteiger partial charge in [-0.1, -0.05) is 35.3 Å². The van der Waals surface area contributed by atoms with Gasteiger partial charge in [-0.3, -0.25) is 4.79 Å². The molecule has 0 spiro atoms. The van der Waals surface area contributed by atoms with E-state index in [0.717, 1.165) is 102 Å². The highest BCUT2D eigenvalue weighted by Crippen LogP contribution is 2.39. The van der Waals surface area contributed by atoms with Crippen molar-refractivity contribution < 1.29 is 24.9 Å². The van der Waals surface area contributed by atoms with E-state index in [2.05, 4.69) is 22.0 Å². The first-order valence-corrected chi connectivity index (χ1v) is 15.6. The number of fused-ring (bicyclic) bond motifs is 3. The number of benzene rings is 3. The molecule has 0 bridgehead atoms. The average molecular weight is 643 g/mol. The Morgan fingerprint density at radius 1 is 0.932 bits per heavy atom. The van der Waals surface area contributed by atoms with Gasteiger partial charge < -0.3 is 34.8 Å². The number of nitrogens with zero attached hydrogens (tertiary/aromatic N) is 2. The van der Waals surface area contributed by atoms with Crippen LogP contribution in [0, 0.1) is 0 Å². The van der Waals surface area contributed by atoms with Crippen LogP contribution in [0.5, 0.6) is 11.5 Å². The summed E-state index contributed by atoms with van der Waals surface area (Å²) in [6.07, 6.45) is 5.95. The minimum atomic E-state index is -0.149. The van der Waals surface area contributed by atoms with Crippen molar-refractivity contribution in [1.82, 2.24) is 14.8 Å². The maximum absolute atomic E-state index is 11.9. The summed E-state index contributed by atoms with van der Waals surface area (Å²) in [6.45, 7) is 4.08. The normalized spacial score (nSPS) is 16.8. The highest BCUT2D eigenvalue weighted by Gasteiger charge is 2.31. The summed E-state index contributed by atoms with van der Waals surface area (Å²) in [7, 11) is 1.63. The third-order valence-corrected chi connectivity index (χ3v) is 8.71.